The summed E-state index contributed by atoms with van der Waals surface area (Å²) in [5.74, 6) is 1.80. The lowest BCUT2D eigenvalue weighted by Gasteiger charge is -2.05. The van der Waals surface area contributed by atoms with Gasteiger partial charge < -0.3 is 4.74 Å². The molecule has 1 aromatic heterocycles. The van der Waals surface area contributed by atoms with Crippen LogP contribution in [0.4, 0.5) is 0 Å². The Morgan fingerprint density at radius 1 is 1.27 bits per heavy atom. The average molecular weight is 203 g/mol. The minimum absolute atomic E-state index is 0.844. The Labute approximate surface area is 88.5 Å². The minimum Gasteiger partial charge on any atom is -0.497 e. The van der Waals surface area contributed by atoms with Crippen molar-refractivity contribution in [1.29, 1.82) is 0 Å². The van der Waals surface area contributed by atoms with Crippen molar-refractivity contribution >= 4 is 0 Å². The quantitative estimate of drug-likeness (QED) is 0.764. The molecule has 4 heteroatoms. The van der Waals surface area contributed by atoms with Crippen LogP contribution in [0, 0.1) is 0 Å². The van der Waals surface area contributed by atoms with E-state index < -0.39 is 0 Å². The van der Waals surface area contributed by atoms with Gasteiger partial charge in [-0.3, -0.25) is 0 Å². The van der Waals surface area contributed by atoms with Crippen molar-refractivity contribution in [3.63, 3.8) is 0 Å². The fourth-order valence-electron chi connectivity index (χ4n) is 1.45. The van der Waals surface area contributed by atoms with Crippen molar-refractivity contribution in [1.82, 2.24) is 14.8 Å². The fraction of sp³-hybridized carbons (Fsp3) is 0.273. The number of nitrogens with zero attached hydrogens (tertiary/aromatic N) is 3. The molecule has 1 aromatic carbocycles. The van der Waals surface area contributed by atoms with Gasteiger partial charge in [-0.15, -0.1) is 0 Å². The molecule has 0 amide bonds. The highest BCUT2D eigenvalue weighted by atomic mass is 16.5. The van der Waals surface area contributed by atoms with E-state index >= 15 is 0 Å². The largest absolute Gasteiger partial charge is 0.497 e. The molecule has 4 nitrogen and oxygen atoms in total. The molecule has 0 unspecified atom stereocenters. The summed E-state index contributed by atoms with van der Waals surface area (Å²) in [6.45, 7) is 2.06. The van der Waals surface area contributed by atoms with Gasteiger partial charge in [0.1, 0.15) is 17.9 Å². The molecular weight excluding hydrogens is 190 g/mol. The first-order chi connectivity index (χ1) is 7.35. The summed E-state index contributed by atoms with van der Waals surface area (Å²) in [5, 5.41) is 4.18. The Balaban J connectivity index is 2.37. The van der Waals surface area contributed by atoms with Gasteiger partial charge in [0.2, 0.25) is 0 Å². The Morgan fingerprint density at radius 3 is 2.60 bits per heavy atom. The molecular formula is C11H13N3O. The predicted molar refractivity (Wildman–Crippen MR) is 57.3 cm³/mol. The van der Waals surface area contributed by atoms with Gasteiger partial charge in [0.05, 0.1) is 12.8 Å². The fourth-order valence-corrected chi connectivity index (χ4v) is 1.45. The van der Waals surface area contributed by atoms with Crippen molar-refractivity contribution < 1.29 is 4.74 Å². The van der Waals surface area contributed by atoms with Crippen LogP contribution in [0.15, 0.2) is 30.6 Å². The second kappa shape index (κ2) is 4.13. The summed E-state index contributed by atoms with van der Waals surface area (Å²) in [5.41, 5.74) is 1.00. The Kier molecular flexibility index (Phi) is 2.67. The Hall–Kier alpha value is -1.84. The molecule has 0 atom stereocenters. The van der Waals surface area contributed by atoms with Crippen molar-refractivity contribution in [2.45, 2.75) is 13.3 Å². The molecule has 0 aliphatic carbocycles. The molecule has 0 radical (unpaired) electrons. The van der Waals surface area contributed by atoms with Crippen LogP contribution < -0.4 is 4.74 Å². The van der Waals surface area contributed by atoms with Crippen LogP contribution in [0.1, 0.15) is 12.7 Å². The SMILES string of the molecule is CCc1ncnn1-c1ccc(OC)cc1. The zero-order chi connectivity index (χ0) is 10.7. The van der Waals surface area contributed by atoms with Crippen LogP contribution in [0.5, 0.6) is 5.75 Å². The lowest BCUT2D eigenvalue weighted by atomic mass is 10.3. The van der Waals surface area contributed by atoms with E-state index in [9.17, 15) is 0 Å². The second-order valence-corrected chi connectivity index (χ2v) is 3.14. The van der Waals surface area contributed by atoms with Gasteiger partial charge in [-0.1, -0.05) is 6.92 Å². The van der Waals surface area contributed by atoms with Crippen molar-refractivity contribution in [2.24, 2.45) is 0 Å². The standard InChI is InChI=1S/C11H13N3O/c1-3-11-12-8-13-14(11)9-4-6-10(15-2)7-5-9/h4-8H,3H2,1-2H3. The molecule has 0 aliphatic heterocycles. The summed E-state index contributed by atoms with van der Waals surface area (Å²) >= 11 is 0. The van der Waals surface area contributed by atoms with E-state index in [1.165, 1.54) is 0 Å². The van der Waals surface area contributed by atoms with Gasteiger partial charge in [-0.25, -0.2) is 9.67 Å². The van der Waals surface area contributed by atoms with E-state index in [-0.39, 0.29) is 0 Å². The van der Waals surface area contributed by atoms with Crippen LogP contribution >= 0.6 is 0 Å². The van der Waals surface area contributed by atoms with Crippen LogP contribution in [0.3, 0.4) is 0 Å². The van der Waals surface area contributed by atoms with Gasteiger partial charge in [0, 0.05) is 6.42 Å². The molecule has 0 fully saturated rings. The van der Waals surface area contributed by atoms with E-state index in [4.69, 9.17) is 4.74 Å². The first kappa shape index (κ1) is 9.71. The maximum atomic E-state index is 5.10. The van der Waals surface area contributed by atoms with E-state index in [1.807, 2.05) is 28.9 Å². The lowest BCUT2D eigenvalue weighted by molar-refractivity contribution is 0.414. The first-order valence-corrected chi connectivity index (χ1v) is 4.88. The number of aromatic nitrogens is 3. The highest BCUT2D eigenvalue weighted by Gasteiger charge is 2.03. The molecule has 0 aliphatic rings. The van der Waals surface area contributed by atoms with Crippen LogP contribution in [0.25, 0.3) is 5.69 Å². The zero-order valence-electron chi connectivity index (χ0n) is 8.84. The maximum Gasteiger partial charge on any atom is 0.138 e. The molecule has 0 N–H and O–H groups in total. The molecule has 15 heavy (non-hydrogen) atoms. The van der Waals surface area contributed by atoms with Gasteiger partial charge in [-0.2, -0.15) is 5.10 Å². The summed E-state index contributed by atoms with van der Waals surface area (Å²) in [4.78, 5) is 4.17. The predicted octanol–water partition coefficient (Wildman–Crippen LogP) is 1.84. The minimum atomic E-state index is 0.844. The maximum absolute atomic E-state index is 5.10. The number of ether oxygens (including phenoxy) is 1. The van der Waals surface area contributed by atoms with Crippen LogP contribution in [-0.2, 0) is 6.42 Å². The molecule has 0 saturated carbocycles. The third-order valence-corrected chi connectivity index (χ3v) is 2.25. The van der Waals surface area contributed by atoms with Gasteiger partial charge in [0.15, 0.2) is 0 Å². The average Bonchev–Trinajstić information content (AvgIpc) is 2.77. The number of hydrogen-bond donors (Lipinski definition) is 0. The lowest BCUT2D eigenvalue weighted by Crippen LogP contribution is -2.01. The molecule has 2 rings (SSSR count). The molecule has 0 spiro atoms. The molecule has 2 aromatic rings. The monoisotopic (exact) mass is 203 g/mol. The highest BCUT2D eigenvalue weighted by molar-refractivity contribution is 5.37. The van der Waals surface area contributed by atoms with Crippen molar-refractivity contribution in [3.8, 4) is 11.4 Å². The zero-order valence-corrected chi connectivity index (χ0v) is 8.84. The molecule has 0 saturated heterocycles. The topological polar surface area (TPSA) is 39.9 Å². The normalized spacial score (nSPS) is 10.3. The first-order valence-electron chi connectivity index (χ1n) is 4.88. The molecule has 78 valence electrons. The van der Waals surface area contributed by atoms with Crippen LogP contribution in [-0.4, -0.2) is 21.9 Å². The van der Waals surface area contributed by atoms with Gasteiger partial charge >= 0.3 is 0 Å². The van der Waals surface area contributed by atoms with Crippen LogP contribution in [0.2, 0.25) is 0 Å². The number of methoxy groups -OCH3 is 1. The Morgan fingerprint density at radius 2 is 2.00 bits per heavy atom. The van der Waals surface area contributed by atoms with Crippen molar-refractivity contribution in [3.05, 3.63) is 36.4 Å². The number of hydrogen-bond acceptors (Lipinski definition) is 3. The summed E-state index contributed by atoms with van der Waals surface area (Å²) in [6, 6.07) is 7.76. The summed E-state index contributed by atoms with van der Waals surface area (Å²) in [7, 11) is 1.65. The van der Waals surface area contributed by atoms with Gasteiger partial charge in [0.25, 0.3) is 0 Å². The number of rotatable bonds is 3. The summed E-state index contributed by atoms with van der Waals surface area (Å²) < 4.78 is 6.93. The third-order valence-electron chi connectivity index (χ3n) is 2.25. The molecule has 0 bridgehead atoms. The van der Waals surface area contributed by atoms with E-state index in [1.54, 1.807) is 13.4 Å². The Bertz CT molecular complexity index is 433. The number of aryl methyl sites for hydroxylation is 1. The van der Waals surface area contributed by atoms with Gasteiger partial charge in [-0.05, 0) is 24.3 Å². The van der Waals surface area contributed by atoms with E-state index in [0.29, 0.717) is 0 Å². The highest BCUT2D eigenvalue weighted by Crippen LogP contribution is 2.15. The smallest absolute Gasteiger partial charge is 0.138 e. The van der Waals surface area contributed by atoms with E-state index in [0.717, 1.165) is 23.7 Å². The second-order valence-electron chi connectivity index (χ2n) is 3.14. The van der Waals surface area contributed by atoms with Crippen molar-refractivity contribution in [2.75, 3.05) is 7.11 Å². The third kappa shape index (κ3) is 1.83. The molecule has 1 heterocycles. The summed E-state index contributed by atoms with van der Waals surface area (Å²) in [6.07, 6.45) is 2.44. The number of benzene rings is 1. The van der Waals surface area contributed by atoms with E-state index in [2.05, 4.69) is 17.0 Å².